The van der Waals surface area contributed by atoms with Crippen molar-refractivity contribution in [3.63, 3.8) is 0 Å². The van der Waals surface area contributed by atoms with Crippen molar-refractivity contribution in [2.24, 2.45) is 0 Å². The number of nitrogens with one attached hydrogen (secondary N) is 2. The first-order valence-electron chi connectivity index (χ1n) is 9.45. The molecule has 28 heavy (non-hydrogen) atoms. The summed E-state index contributed by atoms with van der Waals surface area (Å²) in [4.78, 5) is 28.4. The molecular weight excluding hydrogens is 354 g/mol. The molecule has 2 N–H and O–H groups in total. The third kappa shape index (κ3) is 5.94. The normalized spacial score (nSPS) is 10.2. The van der Waals surface area contributed by atoms with Crippen molar-refractivity contribution in [2.45, 2.75) is 39.0 Å². The lowest BCUT2D eigenvalue weighted by Gasteiger charge is -2.14. The number of anilines is 3. The summed E-state index contributed by atoms with van der Waals surface area (Å²) in [6.45, 7) is 5.66. The third-order valence-electron chi connectivity index (χ3n) is 4.25. The maximum Gasteiger partial charge on any atom is 0.224 e. The summed E-state index contributed by atoms with van der Waals surface area (Å²) in [7, 11) is 1.56. The Balaban J connectivity index is 2.16. The van der Waals surface area contributed by atoms with E-state index in [1.165, 1.54) is 6.08 Å². The van der Waals surface area contributed by atoms with Gasteiger partial charge in [-0.1, -0.05) is 32.8 Å². The lowest BCUT2D eigenvalue weighted by molar-refractivity contribution is -0.116. The first-order valence-corrected chi connectivity index (χ1v) is 9.45. The zero-order chi connectivity index (χ0) is 20.4. The molecule has 148 valence electrons. The van der Waals surface area contributed by atoms with E-state index in [1.807, 2.05) is 0 Å². The topological polar surface area (TPSA) is 80.3 Å². The van der Waals surface area contributed by atoms with Gasteiger partial charge in [0.1, 0.15) is 11.6 Å². The Kier molecular flexibility index (Phi) is 8.21. The van der Waals surface area contributed by atoms with Crippen LogP contribution in [0.2, 0.25) is 0 Å². The van der Waals surface area contributed by atoms with Crippen molar-refractivity contribution < 1.29 is 14.3 Å². The van der Waals surface area contributed by atoms with Crippen molar-refractivity contribution in [2.75, 3.05) is 17.7 Å². The number of methoxy groups -OCH3 is 1. The molecule has 0 saturated heterocycles. The summed E-state index contributed by atoms with van der Waals surface area (Å²) in [6, 6.07) is 8.66. The molecule has 1 aromatic heterocycles. The highest BCUT2D eigenvalue weighted by molar-refractivity contribution is 6.08. The number of amides is 1. The van der Waals surface area contributed by atoms with E-state index < -0.39 is 0 Å². The maximum atomic E-state index is 12.2. The van der Waals surface area contributed by atoms with Crippen LogP contribution in [0, 0.1) is 0 Å². The molecule has 1 heterocycles. The maximum absolute atomic E-state index is 12.2. The van der Waals surface area contributed by atoms with Crippen LogP contribution in [0.5, 0.6) is 5.75 Å². The Morgan fingerprint density at radius 1 is 1.21 bits per heavy atom. The number of hydrogen-bond donors (Lipinski definition) is 2. The smallest absolute Gasteiger partial charge is 0.224 e. The summed E-state index contributed by atoms with van der Waals surface area (Å²) in [6.07, 6.45) is 7.54. The quantitative estimate of drug-likeness (QED) is 0.321. The average molecular weight is 381 g/mol. The fourth-order valence-corrected chi connectivity index (χ4v) is 2.76. The highest BCUT2D eigenvalue weighted by atomic mass is 16.5. The van der Waals surface area contributed by atoms with Gasteiger partial charge in [0.2, 0.25) is 5.91 Å². The molecule has 6 heteroatoms. The van der Waals surface area contributed by atoms with Crippen LogP contribution in [-0.4, -0.2) is 23.8 Å². The molecule has 1 amide bonds. The number of ketones is 1. The average Bonchev–Trinajstić information content (AvgIpc) is 2.71. The number of carbonyl (C=O) groups excluding carboxylic acids is 2. The molecular formula is C22H27N3O3. The number of pyridine rings is 1. The highest BCUT2D eigenvalue weighted by Gasteiger charge is 2.13. The lowest BCUT2D eigenvalue weighted by atomic mass is 10.1. The molecule has 0 bridgehead atoms. The minimum atomic E-state index is -0.230. The summed E-state index contributed by atoms with van der Waals surface area (Å²) >= 11 is 0. The monoisotopic (exact) mass is 381 g/mol. The number of nitrogens with zero attached hydrogens (tertiary/aromatic N) is 1. The van der Waals surface area contributed by atoms with Crippen molar-refractivity contribution in [3.05, 3.63) is 54.7 Å². The summed E-state index contributed by atoms with van der Waals surface area (Å²) < 4.78 is 5.39. The van der Waals surface area contributed by atoms with Gasteiger partial charge in [-0.3, -0.25) is 9.59 Å². The number of aromatic nitrogens is 1. The largest absolute Gasteiger partial charge is 0.495 e. The minimum absolute atomic E-state index is 0.0208. The molecule has 2 rings (SSSR count). The van der Waals surface area contributed by atoms with Gasteiger partial charge in [0.15, 0.2) is 5.78 Å². The van der Waals surface area contributed by atoms with Crippen LogP contribution in [0.15, 0.2) is 49.2 Å². The molecule has 0 atom stereocenters. The Hall–Kier alpha value is -3.15. The first kappa shape index (κ1) is 21.2. The van der Waals surface area contributed by atoms with Gasteiger partial charge in [-0.15, -0.1) is 0 Å². The standard InChI is InChI=1S/C22H27N3O3/c1-4-6-7-8-11-21(27)24-16-12-13-20(28-3)18(15-16)25-22-17(19(26)5-2)10-9-14-23-22/h5,9-10,12-15H,2,4,6-8,11H2,1,3H3,(H,23,25)(H,24,27). The third-order valence-corrected chi connectivity index (χ3v) is 4.25. The van der Waals surface area contributed by atoms with Crippen molar-refractivity contribution in [1.29, 1.82) is 0 Å². The van der Waals surface area contributed by atoms with Gasteiger partial charge in [-0.25, -0.2) is 4.98 Å². The number of allylic oxidation sites excluding steroid dienone is 1. The zero-order valence-electron chi connectivity index (χ0n) is 16.5. The predicted molar refractivity (Wildman–Crippen MR) is 112 cm³/mol. The summed E-state index contributed by atoms with van der Waals surface area (Å²) in [5, 5.41) is 6.03. The molecule has 0 aliphatic heterocycles. The van der Waals surface area contributed by atoms with Crippen LogP contribution in [-0.2, 0) is 4.79 Å². The fourth-order valence-electron chi connectivity index (χ4n) is 2.76. The van der Waals surface area contributed by atoms with Gasteiger partial charge >= 0.3 is 0 Å². The molecule has 0 fully saturated rings. The minimum Gasteiger partial charge on any atom is -0.495 e. The van der Waals surface area contributed by atoms with Gasteiger partial charge in [0.25, 0.3) is 0 Å². The molecule has 0 radical (unpaired) electrons. The second kappa shape index (κ2) is 10.9. The lowest BCUT2D eigenvalue weighted by Crippen LogP contribution is -2.11. The van der Waals surface area contributed by atoms with Crippen LogP contribution >= 0.6 is 0 Å². The highest BCUT2D eigenvalue weighted by Crippen LogP contribution is 2.31. The summed E-state index contributed by atoms with van der Waals surface area (Å²) in [5.41, 5.74) is 1.66. The van der Waals surface area contributed by atoms with Crippen LogP contribution in [0.4, 0.5) is 17.2 Å². The van der Waals surface area contributed by atoms with E-state index in [1.54, 1.807) is 43.6 Å². The van der Waals surface area contributed by atoms with Crippen LogP contribution in [0.1, 0.15) is 49.4 Å². The van der Waals surface area contributed by atoms with Crippen LogP contribution in [0.25, 0.3) is 0 Å². The molecule has 1 aromatic carbocycles. The van der Waals surface area contributed by atoms with Crippen molar-refractivity contribution >= 4 is 28.9 Å². The first-order chi connectivity index (χ1) is 13.6. The van der Waals surface area contributed by atoms with E-state index in [-0.39, 0.29) is 11.7 Å². The second-order valence-electron chi connectivity index (χ2n) is 6.37. The Bertz CT molecular complexity index is 834. The van der Waals surface area contributed by atoms with Gasteiger partial charge in [-0.05, 0) is 42.8 Å². The van der Waals surface area contributed by atoms with Crippen molar-refractivity contribution in [3.8, 4) is 5.75 Å². The second-order valence-corrected chi connectivity index (χ2v) is 6.37. The molecule has 0 spiro atoms. The molecule has 0 aliphatic carbocycles. The van der Waals surface area contributed by atoms with Gasteiger partial charge in [0.05, 0.1) is 18.4 Å². The van der Waals surface area contributed by atoms with Crippen molar-refractivity contribution in [1.82, 2.24) is 4.98 Å². The Morgan fingerprint density at radius 2 is 2.04 bits per heavy atom. The van der Waals surface area contributed by atoms with Gasteiger partial charge in [0, 0.05) is 18.3 Å². The van der Waals surface area contributed by atoms with E-state index >= 15 is 0 Å². The zero-order valence-corrected chi connectivity index (χ0v) is 16.5. The van der Waals surface area contributed by atoms with E-state index in [9.17, 15) is 9.59 Å². The molecule has 0 aliphatic rings. The number of rotatable bonds is 11. The van der Waals surface area contributed by atoms with E-state index in [4.69, 9.17) is 4.74 Å². The fraction of sp³-hybridized carbons (Fsp3) is 0.318. The Morgan fingerprint density at radius 3 is 2.75 bits per heavy atom. The summed E-state index contributed by atoms with van der Waals surface area (Å²) in [5.74, 6) is 0.719. The van der Waals surface area contributed by atoms with Gasteiger partial charge in [-0.2, -0.15) is 0 Å². The van der Waals surface area contributed by atoms with Crippen LogP contribution < -0.4 is 15.4 Å². The molecule has 2 aromatic rings. The Labute approximate surface area is 166 Å². The van der Waals surface area contributed by atoms with Crippen LogP contribution in [0.3, 0.4) is 0 Å². The van der Waals surface area contributed by atoms with E-state index in [2.05, 4.69) is 29.1 Å². The molecule has 6 nitrogen and oxygen atoms in total. The van der Waals surface area contributed by atoms with E-state index in [0.717, 1.165) is 25.7 Å². The molecule has 0 unspecified atom stereocenters. The number of benzene rings is 1. The number of hydrogen-bond acceptors (Lipinski definition) is 5. The van der Waals surface area contributed by atoms with E-state index in [0.29, 0.717) is 34.9 Å². The van der Waals surface area contributed by atoms with Gasteiger partial charge < -0.3 is 15.4 Å². The number of ether oxygens (including phenoxy) is 1. The SMILES string of the molecule is C=CC(=O)c1cccnc1Nc1cc(NC(=O)CCCCCC)ccc1OC. The number of unbranched alkanes of at least 4 members (excludes halogenated alkanes) is 3. The number of carbonyl (C=O) groups is 2. The predicted octanol–water partition coefficient (Wildman–Crippen LogP) is 5.11. The molecule has 0 saturated carbocycles.